The quantitative estimate of drug-likeness (QED) is 0.875. The van der Waals surface area contributed by atoms with E-state index in [1.807, 2.05) is 18.3 Å². The number of amides is 2. The summed E-state index contributed by atoms with van der Waals surface area (Å²) in [5, 5.41) is 3.92. The zero-order chi connectivity index (χ0) is 15.7. The first-order valence-electron chi connectivity index (χ1n) is 7.34. The Bertz CT molecular complexity index is 736. The Morgan fingerprint density at radius 1 is 1.50 bits per heavy atom. The fourth-order valence-corrected chi connectivity index (χ4v) is 2.96. The summed E-state index contributed by atoms with van der Waals surface area (Å²) in [7, 11) is 1.52. The fourth-order valence-electron chi connectivity index (χ4n) is 2.96. The number of benzene rings is 1. The third kappa shape index (κ3) is 2.64. The maximum absolute atomic E-state index is 11.5. The summed E-state index contributed by atoms with van der Waals surface area (Å²) in [6.07, 6.45) is 4.38. The van der Waals surface area contributed by atoms with Gasteiger partial charge in [-0.2, -0.15) is 0 Å². The Labute approximate surface area is 128 Å². The molecule has 2 aromatic rings. The number of methoxy groups -OCH3 is 1. The highest BCUT2D eigenvalue weighted by atomic mass is 16.5. The molecule has 1 aliphatic heterocycles. The molecule has 1 aromatic carbocycles. The predicted octanol–water partition coefficient (Wildman–Crippen LogP) is 1.42. The molecule has 1 aliphatic rings. The smallest absolute Gasteiger partial charge is 0.252 e. The van der Waals surface area contributed by atoms with Crippen molar-refractivity contribution in [2.24, 2.45) is 5.73 Å². The zero-order valence-electron chi connectivity index (χ0n) is 12.5. The van der Waals surface area contributed by atoms with Crippen molar-refractivity contribution in [1.29, 1.82) is 0 Å². The summed E-state index contributed by atoms with van der Waals surface area (Å²) >= 11 is 0. The number of aromatic nitrogens is 1. The van der Waals surface area contributed by atoms with Crippen LogP contribution in [-0.2, 0) is 11.3 Å². The van der Waals surface area contributed by atoms with Gasteiger partial charge in [0.15, 0.2) is 0 Å². The molecule has 0 aliphatic carbocycles. The molecule has 1 atom stereocenters. The molecule has 3 rings (SSSR count). The number of carbonyl (C=O) groups is 2. The van der Waals surface area contributed by atoms with Crippen LogP contribution in [0.3, 0.4) is 0 Å². The van der Waals surface area contributed by atoms with E-state index in [0.717, 1.165) is 30.3 Å². The van der Waals surface area contributed by atoms with Crippen LogP contribution < -0.4 is 15.8 Å². The molecule has 0 spiro atoms. The van der Waals surface area contributed by atoms with Gasteiger partial charge in [-0.05, 0) is 25.0 Å². The van der Waals surface area contributed by atoms with Crippen molar-refractivity contribution in [1.82, 2.24) is 9.88 Å². The molecule has 0 radical (unpaired) electrons. The summed E-state index contributed by atoms with van der Waals surface area (Å²) in [6.45, 7) is 0.799. The van der Waals surface area contributed by atoms with E-state index in [4.69, 9.17) is 10.5 Å². The van der Waals surface area contributed by atoms with Crippen LogP contribution in [0.2, 0.25) is 0 Å². The molecule has 6 nitrogen and oxygen atoms in total. The van der Waals surface area contributed by atoms with Crippen LogP contribution in [0.5, 0.6) is 5.75 Å². The zero-order valence-corrected chi connectivity index (χ0v) is 12.5. The standard InChI is InChI=1S/C16H19N3O3/c1-22-14-9-13-10(8-12(14)16(17)21)4-6-19(13)7-5-11-2-3-15(20)18-11/h4,6,8-9,11H,2-3,5,7H2,1H3,(H2,17,21)(H,18,20). The summed E-state index contributed by atoms with van der Waals surface area (Å²) in [5.41, 5.74) is 6.75. The van der Waals surface area contributed by atoms with Crippen molar-refractivity contribution >= 4 is 22.7 Å². The lowest BCUT2D eigenvalue weighted by Gasteiger charge is -2.12. The van der Waals surface area contributed by atoms with E-state index in [-0.39, 0.29) is 11.9 Å². The van der Waals surface area contributed by atoms with Crippen molar-refractivity contribution in [3.63, 3.8) is 0 Å². The lowest BCUT2D eigenvalue weighted by molar-refractivity contribution is -0.119. The van der Waals surface area contributed by atoms with E-state index in [1.165, 1.54) is 7.11 Å². The van der Waals surface area contributed by atoms with Gasteiger partial charge in [0.05, 0.1) is 18.2 Å². The molecule has 0 bridgehead atoms. The van der Waals surface area contributed by atoms with Crippen LogP contribution in [0.1, 0.15) is 29.6 Å². The molecule has 2 amide bonds. The van der Waals surface area contributed by atoms with Gasteiger partial charge in [-0.1, -0.05) is 0 Å². The fraction of sp³-hybridized carbons (Fsp3) is 0.375. The molecule has 0 saturated carbocycles. The van der Waals surface area contributed by atoms with Crippen molar-refractivity contribution < 1.29 is 14.3 Å². The first kappa shape index (κ1) is 14.4. The van der Waals surface area contributed by atoms with Crippen LogP contribution >= 0.6 is 0 Å². The molecule has 2 heterocycles. The third-order valence-corrected chi connectivity index (χ3v) is 4.16. The van der Waals surface area contributed by atoms with Crippen molar-refractivity contribution in [3.05, 3.63) is 30.0 Å². The van der Waals surface area contributed by atoms with Crippen LogP contribution in [-0.4, -0.2) is 29.5 Å². The average Bonchev–Trinajstić information content (AvgIpc) is 3.09. The number of rotatable bonds is 5. The molecular weight excluding hydrogens is 282 g/mol. The second-order valence-electron chi connectivity index (χ2n) is 5.58. The number of carbonyl (C=O) groups excluding carboxylic acids is 2. The average molecular weight is 301 g/mol. The Kier molecular flexibility index (Phi) is 3.75. The van der Waals surface area contributed by atoms with Crippen LogP contribution in [0.25, 0.3) is 10.9 Å². The van der Waals surface area contributed by atoms with E-state index in [0.29, 0.717) is 17.7 Å². The van der Waals surface area contributed by atoms with Gasteiger partial charge in [0.25, 0.3) is 5.91 Å². The van der Waals surface area contributed by atoms with Crippen LogP contribution in [0, 0.1) is 0 Å². The molecule has 1 unspecified atom stereocenters. The monoisotopic (exact) mass is 301 g/mol. The molecule has 1 saturated heterocycles. The summed E-state index contributed by atoms with van der Waals surface area (Å²) < 4.78 is 7.36. The van der Waals surface area contributed by atoms with Crippen molar-refractivity contribution in [2.45, 2.75) is 31.8 Å². The van der Waals surface area contributed by atoms with Gasteiger partial charge in [0, 0.05) is 36.7 Å². The Morgan fingerprint density at radius 2 is 2.32 bits per heavy atom. The van der Waals surface area contributed by atoms with Gasteiger partial charge in [0.1, 0.15) is 5.75 Å². The summed E-state index contributed by atoms with van der Waals surface area (Å²) in [6, 6.07) is 5.79. The predicted molar refractivity (Wildman–Crippen MR) is 82.8 cm³/mol. The van der Waals surface area contributed by atoms with Gasteiger partial charge >= 0.3 is 0 Å². The van der Waals surface area contributed by atoms with Crippen LogP contribution in [0.15, 0.2) is 24.4 Å². The number of aryl methyl sites for hydroxylation is 1. The minimum absolute atomic E-state index is 0.134. The summed E-state index contributed by atoms with van der Waals surface area (Å²) in [5.74, 6) is 0.115. The maximum atomic E-state index is 11.5. The molecular formula is C16H19N3O3. The molecule has 1 aromatic heterocycles. The highest BCUT2D eigenvalue weighted by Gasteiger charge is 2.20. The van der Waals surface area contributed by atoms with Gasteiger partial charge in [-0.25, -0.2) is 0 Å². The number of primary amides is 1. The first-order chi connectivity index (χ1) is 10.6. The number of fused-ring (bicyclic) bond motifs is 1. The van der Waals surface area contributed by atoms with Gasteiger partial charge in [0.2, 0.25) is 5.91 Å². The van der Waals surface area contributed by atoms with Gasteiger partial charge in [-0.3, -0.25) is 9.59 Å². The number of ether oxygens (including phenoxy) is 1. The SMILES string of the molecule is COc1cc2c(ccn2CCC2CCC(=O)N2)cc1C(N)=O. The third-order valence-electron chi connectivity index (χ3n) is 4.16. The number of nitrogens with two attached hydrogens (primary N) is 1. The second kappa shape index (κ2) is 5.71. The van der Waals surface area contributed by atoms with Crippen LogP contribution in [0.4, 0.5) is 0 Å². The van der Waals surface area contributed by atoms with E-state index in [2.05, 4.69) is 9.88 Å². The van der Waals surface area contributed by atoms with Crippen molar-refractivity contribution in [3.8, 4) is 5.75 Å². The van der Waals surface area contributed by atoms with E-state index < -0.39 is 5.91 Å². The molecule has 1 fully saturated rings. The molecule has 3 N–H and O–H groups in total. The van der Waals surface area contributed by atoms with E-state index in [9.17, 15) is 9.59 Å². The number of hydrogen-bond acceptors (Lipinski definition) is 3. The summed E-state index contributed by atoms with van der Waals surface area (Å²) in [4.78, 5) is 22.7. The second-order valence-corrected chi connectivity index (χ2v) is 5.58. The first-order valence-corrected chi connectivity index (χ1v) is 7.34. The highest BCUT2D eigenvalue weighted by molar-refractivity contribution is 6.00. The lowest BCUT2D eigenvalue weighted by atomic mass is 10.1. The maximum Gasteiger partial charge on any atom is 0.252 e. The largest absolute Gasteiger partial charge is 0.496 e. The Balaban J connectivity index is 1.84. The Morgan fingerprint density at radius 3 is 2.95 bits per heavy atom. The lowest BCUT2D eigenvalue weighted by Crippen LogP contribution is -2.26. The molecule has 22 heavy (non-hydrogen) atoms. The van der Waals surface area contributed by atoms with E-state index >= 15 is 0 Å². The Hall–Kier alpha value is -2.50. The number of nitrogens with zero attached hydrogens (tertiary/aromatic N) is 1. The minimum atomic E-state index is -0.500. The normalized spacial score (nSPS) is 17.7. The molecule has 116 valence electrons. The van der Waals surface area contributed by atoms with Crippen molar-refractivity contribution in [2.75, 3.05) is 7.11 Å². The van der Waals surface area contributed by atoms with Gasteiger partial charge in [-0.15, -0.1) is 0 Å². The van der Waals surface area contributed by atoms with E-state index in [1.54, 1.807) is 6.07 Å². The number of hydrogen-bond donors (Lipinski definition) is 2. The highest BCUT2D eigenvalue weighted by Crippen LogP contribution is 2.27. The van der Waals surface area contributed by atoms with Gasteiger partial charge < -0.3 is 20.4 Å². The molecule has 6 heteroatoms. The minimum Gasteiger partial charge on any atom is -0.496 e. The number of nitrogens with one attached hydrogen (secondary N) is 1. The topological polar surface area (TPSA) is 86.3 Å².